The van der Waals surface area contributed by atoms with E-state index >= 15 is 0 Å². The lowest BCUT2D eigenvalue weighted by Gasteiger charge is -2.18. The molecule has 0 spiro atoms. The van der Waals surface area contributed by atoms with Gasteiger partial charge in [0, 0.05) is 24.5 Å². The van der Waals surface area contributed by atoms with Crippen molar-refractivity contribution in [2.45, 2.75) is 6.42 Å². The summed E-state index contributed by atoms with van der Waals surface area (Å²) in [6.07, 6.45) is 0.135. The Morgan fingerprint density at radius 1 is 1.26 bits per heavy atom. The first-order valence-electron chi connectivity index (χ1n) is 7.14. The van der Waals surface area contributed by atoms with Gasteiger partial charge in [-0.15, -0.1) is 0 Å². The average molecular weight is 330 g/mol. The van der Waals surface area contributed by atoms with Crippen molar-refractivity contribution in [3.63, 3.8) is 0 Å². The molecule has 1 heterocycles. The third-order valence-electron chi connectivity index (χ3n) is 3.49. The first-order valence-corrected chi connectivity index (χ1v) is 7.52. The summed E-state index contributed by atoms with van der Waals surface area (Å²) in [4.78, 5) is 14.3. The number of benzene rings is 2. The molecule has 0 aliphatic carbocycles. The van der Waals surface area contributed by atoms with Crippen LogP contribution >= 0.6 is 11.6 Å². The fourth-order valence-electron chi connectivity index (χ4n) is 2.41. The summed E-state index contributed by atoms with van der Waals surface area (Å²) in [6, 6.07) is 12.9. The Balaban J connectivity index is 1.81. The minimum Gasteiger partial charge on any atom is -0.376 e. The zero-order valence-corrected chi connectivity index (χ0v) is 13.6. The van der Waals surface area contributed by atoms with Crippen LogP contribution in [0.4, 0.5) is 11.4 Å². The highest BCUT2D eigenvalue weighted by molar-refractivity contribution is 6.31. The summed E-state index contributed by atoms with van der Waals surface area (Å²) in [7, 11) is 3.81. The SMILES string of the molecule is CN(C)c1ccc(Cl)cc1NC(=O)Cc1noc2ccccc12. The maximum Gasteiger partial charge on any atom is 0.230 e. The van der Waals surface area contributed by atoms with Crippen molar-refractivity contribution in [2.75, 3.05) is 24.3 Å². The van der Waals surface area contributed by atoms with Gasteiger partial charge in [-0.1, -0.05) is 28.9 Å². The van der Waals surface area contributed by atoms with Gasteiger partial charge in [0.15, 0.2) is 5.58 Å². The summed E-state index contributed by atoms with van der Waals surface area (Å²) >= 11 is 6.03. The number of fused-ring (bicyclic) bond motifs is 1. The van der Waals surface area contributed by atoms with E-state index in [4.69, 9.17) is 16.1 Å². The Labute approximate surface area is 138 Å². The van der Waals surface area contributed by atoms with Gasteiger partial charge in [-0.2, -0.15) is 0 Å². The van der Waals surface area contributed by atoms with E-state index in [0.29, 0.717) is 22.0 Å². The van der Waals surface area contributed by atoms with Crippen LogP contribution in [0.5, 0.6) is 0 Å². The number of amides is 1. The van der Waals surface area contributed by atoms with Crippen molar-refractivity contribution in [1.82, 2.24) is 5.16 Å². The van der Waals surface area contributed by atoms with E-state index < -0.39 is 0 Å². The molecule has 3 rings (SSSR count). The number of para-hydroxylation sites is 1. The molecule has 1 amide bonds. The van der Waals surface area contributed by atoms with E-state index in [-0.39, 0.29) is 12.3 Å². The van der Waals surface area contributed by atoms with Gasteiger partial charge >= 0.3 is 0 Å². The number of nitrogens with zero attached hydrogens (tertiary/aromatic N) is 2. The largest absolute Gasteiger partial charge is 0.376 e. The molecule has 0 radical (unpaired) electrons. The second kappa shape index (κ2) is 6.30. The lowest BCUT2D eigenvalue weighted by Crippen LogP contribution is -2.18. The lowest BCUT2D eigenvalue weighted by molar-refractivity contribution is -0.115. The normalized spacial score (nSPS) is 10.7. The van der Waals surface area contributed by atoms with Crippen molar-refractivity contribution < 1.29 is 9.32 Å². The van der Waals surface area contributed by atoms with Crippen LogP contribution in [0, 0.1) is 0 Å². The molecule has 0 aliphatic rings. The van der Waals surface area contributed by atoms with E-state index in [2.05, 4.69) is 10.5 Å². The molecule has 0 saturated carbocycles. The molecule has 6 heteroatoms. The second-order valence-electron chi connectivity index (χ2n) is 5.41. The molecule has 23 heavy (non-hydrogen) atoms. The zero-order chi connectivity index (χ0) is 16.4. The molecule has 1 N–H and O–H groups in total. The quantitative estimate of drug-likeness (QED) is 0.792. The third kappa shape index (κ3) is 3.29. The van der Waals surface area contributed by atoms with E-state index in [1.807, 2.05) is 49.3 Å². The van der Waals surface area contributed by atoms with Crippen LogP contribution in [0.25, 0.3) is 11.0 Å². The number of nitrogens with one attached hydrogen (secondary N) is 1. The maximum atomic E-state index is 12.4. The highest BCUT2D eigenvalue weighted by Gasteiger charge is 2.14. The predicted octanol–water partition coefficient (Wildman–Crippen LogP) is 3.73. The molecule has 118 valence electrons. The number of rotatable bonds is 4. The molecule has 0 aliphatic heterocycles. The first kappa shape index (κ1) is 15.4. The minimum atomic E-state index is -0.172. The van der Waals surface area contributed by atoms with Crippen LogP contribution in [-0.4, -0.2) is 25.2 Å². The van der Waals surface area contributed by atoms with Gasteiger partial charge in [-0.3, -0.25) is 4.79 Å². The van der Waals surface area contributed by atoms with Crippen LogP contribution in [0.1, 0.15) is 5.69 Å². The Morgan fingerprint density at radius 2 is 2.04 bits per heavy atom. The topological polar surface area (TPSA) is 58.4 Å². The highest BCUT2D eigenvalue weighted by Crippen LogP contribution is 2.28. The molecule has 2 aromatic carbocycles. The van der Waals surface area contributed by atoms with Crippen LogP contribution in [0.2, 0.25) is 5.02 Å². The number of anilines is 2. The summed E-state index contributed by atoms with van der Waals surface area (Å²) in [6.45, 7) is 0. The smallest absolute Gasteiger partial charge is 0.230 e. The third-order valence-corrected chi connectivity index (χ3v) is 3.73. The lowest BCUT2D eigenvalue weighted by atomic mass is 10.1. The summed E-state index contributed by atoms with van der Waals surface area (Å²) in [5, 5.41) is 8.28. The molecular weight excluding hydrogens is 314 g/mol. The molecule has 0 fully saturated rings. The fraction of sp³-hybridized carbons (Fsp3) is 0.176. The minimum absolute atomic E-state index is 0.135. The first-order chi connectivity index (χ1) is 11.0. The number of halogens is 1. The standard InChI is InChI=1S/C17H16ClN3O2/c1-21(2)15-8-7-11(18)9-14(15)19-17(22)10-13-12-5-3-4-6-16(12)23-20-13/h3-9H,10H2,1-2H3,(H,19,22). The molecule has 1 aromatic heterocycles. The van der Waals surface area contributed by atoms with Gasteiger partial charge in [0.1, 0.15) is 5.69 Å². The van der Waals surface area contributed by atoms with Crippen LogP contribution < -0.4 is 10.2 Å². The monoisotopic (exact) mass is 329 g/mol. The summed E-state index contributed by atoms with van der Waals surface area (Å²) in [5.74, 6) is -0.172. The van der Waals surface area contributed by atoms with Gasteiger partial charge in [0.2, 0.25) is 5.91 Å². The van der Waals surface area contributed by atoms with Crippen molar-refractivity contribution in [3.8, 4) is 0 Å². The van der Waals surface area contributed by atoms with Crippen molar-refractivity contribution in [1.29, 1.82) is 0 Å². The van der Waals surface area contributed by atoms with Gasteiger partial charge in [-0.25, -0.2) is 0 Å². The van der Waals surface area contributed by atoms with Gasteiger partial charge in [-0.05, 0) is 30.3 Å². The number of carbonyl (C=O) groups excluding carboxylic acids is 1. The van der Waals surface area contributed by atoms with Gasteiger partial charge < -0.3 is 14.7 Å². The van der Waals surface area contributed by atoms with Crippen molar-refractivity contribution >= 4 is 39.9 Å². The molecule has 0 atom stereocenters. The molecule has 0 unspecified atom stereocenters. The van der Waals surface area contributed by atoms with Crippen LogP contribution in [0.15, 0.2) is 47.0 Å². The van der Waals surface area contributed by atoms with E-state index in [1.165, 1.54) is 0 Å². The average Bonchev–Trinajstić information content (AvgIpc) is 2.90. The molecular formula is C17H16ClN3O2. The second-order valence-corrected chi connectivity index (χ2v) is 5.84. The number of aromatic nitrogens is 1. The maximum absolute atomic E-state index is 12.4. The van der Waals surface area contributed by atoms with Crippen molar-refractivity contribution in [3.05, 3.63) is 53.2 Å². The molecule has 0 saturated heterocycles. The Morgan fingerprint density at radius 3 is 2.83 bits per heavy atom. The highest BCUT2D eigenvalue weighted by atomic mass is 35.5. The Hall–Kier alpha value is -2.53. The molecule has 3 aromatic rings. The number of hydrogen-bond acceptors (Lipinski definition) is 4. The zero-order valence-electron chi connectivity index (χ0n) is 12.8. The fourth-order valence-corrected chi connectivity index (χ4v) is 2.58. The predicted molar refractivity (Wildman–Crippen MR) is 92.1 cm³/mol. The van der Waals surface area contributed by atoms with Gasteiger partial charge in [0.05, 0.1) is 17.8 Å². The van der Waals surface area contributed by atoms with E-state index in [0.717, 1.165) is 11.1 Å². The Bertz CT molecular complexity index is 858. The van der Waals surface area contributed by atoms with E-state index in [1.54, 1.807) is 12.1 Å². The number of carbonyl (C=O) groups is 1. The number of hydrogen-bond donors (Lipinski definition) is 1. The van der Waals surface area contributed by atoms with Crippen molar-refractivity contribution in [2.24, 2.45) is 0 Å². The molecule has 5 nitrogen and oxygen atoms in total. The Kier molecular flexibility index (Phi) is 4.21. The van der Waals surface area contributed by atoms with Crippen LogP contribution in [-0.2, 0) is 11.2 Å². The van der Waals surface area contributed by atoms with E-state index in [9.17, 15) is 4.79 Å². The summed E-state index contributed by atoms with van der Waals surface area (Å²) < 4.78 is 5.22. The summed E-state index contributed by atoms with van der Waals surface area (Å²) in [5.41, 5.74) is 2.84. The van der Waals surface area contributed by atoms with Gasteiger partial charge in [0.25, 0.3) is 0 Å². The molecule has 0 bridgehead atoms. The van der Waals surface area contributed by atoms with Crippen LogP contribution in [0.3, 0.4) is 0 Å².